The second-order valence-corrected chi connectivity index (χ2v) is 7.35. The smallest absolute Gasteiger partial charge is 0.251 e. The first-order chi connectivity index (χ1) is 14.0. The normalized spacial score (nSPS) is 11.9. The second-order valence-electron chi connectivity index (χ2n) is 7.35. The van der Waals surface area contributed by atoms with Gasteiger partial charge in [0.05, 0.1) is 6.10 Å². The van der Waals surface area contributed by atoms with E-state index in [4.69, 9.17) is 4.74 Å². The van der Waals surface area contributed by atoms with Crippen molar-refractivity contribution in [1.82, 2.24) is 5.32 Å². The topological polar surface area (TPSA) is 58.6 Å². The highest BCUT2D eigenvalue weighted by Gasteiger charge is 2.11. The molecule has 0 heterocycles. The lowest BCUT2D eigenvalue weighted by Crippen LogP contribution is -2.28. The van der Waals surface area contributed by atoms with Crippen LogP contribution in [0.15, 0.2) is 78.9 Å². The average Bonchev–Trinajstić information content (AvgIpc) is 2.77. The summed E-state index contributed by atoms with van der Waals surface area (Å²) in [5, 5.41) is 13.1. The predicted molar refractivity (Wildman–Crippen MR) is 115 cm³/mol. The summed E-state index contributed by atoms with van der Waals surface area (Å²) < 4.78 is 5.74. The van der Waals surface area contributed by atoms with Crippen molar-refractivity contribution in [2.75, 3.05) is 6.54 Å². The van der Waals surface area contributed by atoms with Crippen LogP contribution in [0.4, 0.5) is 0 Å². The Kier molecular flexibility index (Phi) is 7.04. The van der Waals surface area contributed by atoms with Gasteiger partial charge in [-0.1, -0.05) is 68.4 Å². The van der Waals surface area contributed by atoms with E-state index in [1.54, 1.807) is 24.3 Å². The van der Waals surface area contributed by atoms with Gasteiger partial charge >= 0.3 is 0 Å². The summed E-state index contributed by atoms with van der Waals surface area (Å²) in [6, 6.07) is 24.8. The Morgan fingerprint density at radius 1 is 0.897 bits per heavy atom. The molecule has 4 nitrogen and oxygen atoms in total. The molecule has 0 saturated carbocycles. The number of amides is 1. The maximum Gasteiger partial charge on any atom is 0.251 e. The van der Waals surface area contributed by atoms with Gasteiger partial charge < -0.3 is 15.2 Å². The van der Waals surface area contributed by atoms with Crippen LogP contribution in [0.5, 0.6) is 5.75 Å². The van der Waals surface area contributed by atoms with Crippen LogP contribution >= 0.6 is 0 Å². The largest absolute Gasteiger partial charge is 0.489 e. The molecule has 1 amide bonds. The van der Waals surface area contributed by atoms with Crippen molar-refractivity contribution < 1.29 is 14.6 Å². The van der Waals surface area contributed by atoms with Crippen molar-refractivity contribution >= 4 is 5.91 Å². The highest BCUT2D eigenvalue weighted by atomic mass is 16.5. The van der Waals surface area contributed by atoms with Gasteiger partial charge in [-0.15, -0.1) is 0 Å². The van der Waals surface area contributed by atoms with Crippen LogP contribution < -0.4 is 10.1 Å². The molecule has 1 unspecified atom stereocenters. The monoisotopic (exact) mass is 389 g/mol. The van der Waals surface area contributed by atoms with Crippen molar-refractivity contribution in [1.29, 1.82) is 0 Å². The first-order valence-electron chi connectivity index (χ1n) is 9.86. The second kappa shape index (κ2) is 9.89. The number of hydrogen-bond donors (Lipinski definition) is 2. The number of ether oxygens (including phenoxy) is 1. The van der Waals surface area contributed by atoms with E-state index in [2.05, 4.69) is 19.2 Å². The minimum absolute atomic E-state index is 0.159. The van der Waals surface area contributed by atoms with Crippen LogP contribution in [0, 0.1) is 0 Å². The van der Waals surface area contributed by atoms with Crippen molar-refractivity contribution in [2.45, 2.75) is 32.5 Å². The van der Waals surface area contributed by atoms with Gasteiger partial charge in [0.1, 0.15) is 12.4 Å². The van der Waals surface area contributed by atoms with Gasteiger partial charge in [0, 0.05) is 12.1 Å². The molecule has 3 aromatic carbocycles. The van der Waals surface area contributed by atoms with Gasteiger partial charge in [0.15, 0.2) is 0 Å². The van der Waals surface area contributed by atoms with Gasteiger partial charge in [-0.2, -0.15) is 0 Å². The Morgan fingerprint density at radius 3 is 2.14 bits per heavy atom. The fraction of sp³-hybridized carbons (Fsp3) is 0.240. The summed E-state index contributed by atoms with van der Waals surface area (Å²) in [4.78, 5) is 12.4. The van der Waals surface area contributed by atoms with E-state index in [0.717, 1.165) is 11.1 Å². The fourth-order valence-corrected chi connectivity index (χ4v) is 2.96. The van der Waals surface area contributed by atoms with Crippen LogP contribution in [-0.4, -0.2) is 17.6 Å². The first-order valence-corrected chi connectivity index (χ1v) is 9.86. The van der Waals surface area contributed by atoms with Crippen molar-refractivity contribution in [3.63, 3.8) is 0 Å². The molecule has 0 aliphatic carbocycles. The molecule has 3 rings (SSSR count). The van der Waals surface area contributed by atoms with Gasteiger partial charge in [0.25, 0.3) is 5.91 Å². The third-order valence-corrected chi connectivity index (χ3v) is 4.81. The number of aliphatic hydroxyl groups excluding tert-OH is 1. The highest BCUT2D eigenvalue weighted by Crippen LogP contribution is 2.19. The van der Waals surface area contributed by atoms with Crippen LogP contribution in [0.2, 0.25) is 0 Å². The average molecular weight is 389 g/mol. The summed E-state index contributed by atoms with van der Waals surface area (Å²) in [5.41, 5.74) is 3.63. The van der Waals surface area contributed by atoms with E-state index in [0.29, 0.717) is 23.8 Å². The Bertz CT molecular complexity index is 903. The Morgan fingerprint density at radius 2 is 1.52 bits per heavy atom. The van der Waals surface area contributed by atoms with E-state index in [-0.39, 0.29) is 12.5 Å². The molecule has 4 heteroatoms. The van der Waals surface area contributed by atoms with Gasteiger partial charge in [-0.25, -0.2) is 0 Å². The number of carbonyl (C=O) groups is 1. The number of nitrogens with one attached hydrogen (secondary N) is 1. The lowest BCUT2D eigenvalue weighted by Gasteiger charge is -2.14. The molecule has 150 valence electrons. The zero-order valence-electron chi connectivity index (χ0n) is 16.8. The quantitative estimate of drug-likeness (QED) is 0.579. The van der Waals surface area contributed by atoms with Crippen LogP contribution in [0.1, 0.15) is 52.9 Å². The molecule has 0 fully saturated rings. The number of aliphatic hydroxyl groups is 1. The van der Waals surface area contributed by atoms with E-state index >= 15 is 0 Å². The van der Waals surface area contributed by atoms with E-state index in [1.165, 1.54) is 5.56 Å². The zero-order chi connectivity index (χ0) is 20.6. The number of rotatable bonds is 8. The van der Waals surface area contributed by atoms with Gasteiger partial charge in [0.2, 0.25) is 0 Å². The van der Waals surface area contributed by atoms with Gasteiger partial charge in [-0.05, 0) is 46.9 Å². The molecule has 0 radical (unpaired) electrons. The minimum Gasteiger partial charge on any atom is -0.489 e. The van der Waals surface area contributed by atoms with Crippen molar-refractivity contribution in [3.8, 4) is 5.75 Å². The van der Waals surface area contributed by atoms with E-state index < -0.39 is 6.10 Å². The Balaban J connectivity index is 1.49. The molecule has 1 atom stereocenters. The summed E-state index contributed by atoms with van der Waals surface area (Å²) in [6.07, 6.45) is -0.742. The molecule has 0 aliphatic rings. The summed E-state index contributed by atoms with van der Waals surface area (Å²) in [7, 11) is 0. The van der Waals surface area contributed by atoms with E-state index in [1.807, 2.05) is 54.6 Å². The van der Waals surface area contributed by atoms with Crippen molar-refractivity contribution in [2.24, 2.45) is 0 Å². The Hall–Kier alpha value is -3.11. The molecular formula is C25H27NO3. The summed E-state index contributed by atoms with van der Waals surface area (Å²) in [6.45, 7) is 4.90. The Labute approximate surface area is 172 Å². The number of hydrogen-bond acceptors (Lipinski definition) is 3. The van der Waals surface area contributed by atoms with E-state index in [9.17, 15) is 9.90 Å². The minimum atomic E-state index is -0.742. The molecule has 2 N–H and O–H groups in total. The molecule has 0 bridgehead atoms. The zero-order valence-corrected chi connectivity index (χ0v) is 16.8. The third-order valence-electron chi connectivity index (χ3n) is 4.81. The molecule has 3 aromatic rings. The maximum atomic E-state index is 12.4. The molecule has 0 spiro atoms. The summed E-state index contributed by atoms with van der Waals surface area (Å²) >= 11 is 0. The molecular weight excluding hydrogens is 362 g/mol. The molecule has 0 aromatic heterocycles. The predicted octanol–water partition coefficient (Wildman–Crippen LogP) is 4.85. The van der Waals surface area contributed by atoms with Gasteiger partial charge in [-0.3, -0.25) is 4.79 Å². The van der Waals surface area contributed by atoms with Crippen LogP contribution in [-0.2, 0) is 6.61 Å². The van der Waals surface area contributed by atoms with Crippen molar-refractivity contribution in [3.05, 3.63) is 101 Å². The summed E-state index contributed by atoms with van der Waals surface area (Å²) in [5.74, 6) is 0.925. The first kappa shape index (κ1) is 20.6. The fourth-order valence-electron chi connectivity index (χ4n) is 2.96. The molecule has 0 saturated heterocycles. The molecule has 29 heavy (non-hydrogen) atoms. The number of benzene rings is 3. The standard InChI is InChI=1S/C25H27NO3/c1-18(2)20-8-10-21(11-9-20)24(27)16-26-25(28)22-12-14-23(15-13-22)29-17-19-6-4-3-5-7-19/h3-15,18,24,27H,16-17H2,1-2H3,(H,26,28). The third kappa shape index (κ3) is 5.93. The molecule has 0 aliphatic heterocycles. The lowest BCUT2D eigenvalue weighted by atomic mass is 10.00. The SMILES string of the molecule is CC(C)c1ccc(C(O)CNC(=O)c2ccc(OCc3ccccc3)cc2)cc1. The lowest BCUT2D eigenvalue weighted by molar-refractivity contribution is 0.0916. The highest BCUT2D eigenvalue weighted by molar-refractivity contribution is 5.94. The van der Waals surface area contributed by atoms with Crippen LogP contribution in [0.25, 0.3) is 0 Å². The number of carbonyl (C=O) groups excluding carboxylic acids is 1. The maximum absolute atomic E-state index is 12.4. The van der Waals surface area contributed by atoms with Crippen LogP contribution in [0.3, 0.4) is 0 Å².